The van der Waals surface area contributed by atoms with Crippen LogP contribution in [0.25, 0.3) is 0 Å². The summed E-state index contributed by atoms with van der Waals surface area (Å²) in [5.74, 6) is -1.81. The molecule has 0 aromatic heterocycles. The van der Waals surface area contributed by atoms with E-state index in [1.165, 1.54) is 0 Å². The Hall–Kier alpha value is 2.63. The van der Waals surface area contributed by atoms with Gasteiger partial charge in [0.25, 0.3) is 0 Å². The molecule has 0 atom stereocenters. The summed E-state index contributed by atoms with van der Waals surface area (Å²) in [6.07, 6.45) is 0. The number of hydrogen-bond donors (Lipinski definition) is 0. The van der Waals surface area contributed by atoms with Gasteiger partial charge in [-0.05, 0) is 0 Å². The van der Waals surface area contributed by atoms with Gasteiger partial charge in [-0.3, -0.25) is 0 Å². The van der Waals surface area contributed by atoms with Crippen LogP contribution in [0, 0.1) is 0 Å². The van der Waals surface area contributed by atoms with Gasteiger partial charge >= 0.3 is 103 Å². The number of carboxylic acid groups (broad SMARTS) is 1. The first-order valence-electron chi connectivity index (χ1n) is 1.07. The third-order valence-corrected chi connectivity index (χ3v) is 0.333. The normalized spacial score (nSPS) is 5.50. The smallest absolute Gasteiger partial charge is 0.736 e. The molecule has 6 heteroatoms. The maximum absolute atomic E-state index is 9.30. The first kappa shape index (κ1) is 16.9. The van der Waals surface area contributed by atoms with E-state index in [2.05, 4.69) is 12.6 Å². The molecule has 0 aromatic carbocycles. The van der Waals surface area contributed by atoms with E-state index in [9.17, 15) is 4.79 Å². The molecule has 0 fully saturated rings. The number of aliphatic carboxylic acids is 1. The van der Waals surface area contributed by atoms with Crippen LogP contribution >= 0.6 is 0 Å². The van der Waals surface area contributed by atoms with Crippen LogP contribution in [0.2, 0.25) is 0 Å². The average molecular weight is 182 g/mol. The maximum Gasteiger partial charge on any atom is 1.00 e. The minimum absolute atomic E-state index is 0. The summed E-state index contributed by atoms with van der Waals surface area (Å²) in [6, 6.07) is 0. The van der Waals surface area contributed by atoms with Crippen molar-refractivity contribution in [2.45, 2.75) is 0 Å². The fourth-order valence-corrected chi connectivity index (χ4v) is 0. The van der Waals surface area contributed by atoms with Crippen molar-refractivity contribution < 1.29 is 117 Å². The number of carboxylic acids is 1. The first-order valence-corrected chi connectivity index (χ1v) is 1.47. The van der Waals surface area contributed by atoms with Gasteiger partial charge in [0.15, 0.2) is 0 Å². The van der Waals surface area contributed by atoms with Crippen LogP contribution in [-0.2, 0) is 22.2 Å². The SMILES string of the molecule is O=C([O-])C(=O)[S-].[K+].[K+]. The largest absolute Gasteiger partial charge is 1.00 e. The fourth-order valence-electron chi connectivity index (χ4n) is 0. The van der Waals surface area contributed by atoms with Crippen molar-refractivity contribution in [1.82, 2.24) is 0 Å². The van der Waals surface area contributed by atoms with Crippen molar-refractivity contribution in [1.29, 1.82) is 0 Å². The second-order valence-corrected chi connectivity index (χ2v) is 0.946. The van der Waals surface area contributed by atoms with Crippen LogP contribution in [0.1, 0.15) is 0 Å². The molecule has 0 aromatic rings. The molecule has 0 amide bonds. The topological polar surface area (TPSA) is 57.2 Å². The van der Waals surface area contributed by atoms with Crippen LogP contribution in [0.3, 0.4) is 0 Å². The van der Waals surface area contributed by atoms with Crippen LogP contribution in [0.5, 0.6) is 0 Å². The van der Waals surface area contributed by atoms with E-state index in [1.807, 2.05) is 0 Å². The molecule has 0 spiro atoms. The Morgan fingerprint density at radius 2 is 1.38 bits per heavy atom. The number of rotatable bonds is 1. The van der Waals surface area contributed by atoms with Gasteiger partial charge in [0.2, 0.25) is 0 Å². The van der Waals surface area contributed by atoms with Gasteiger partial charge in [-0.1, -0.05) is 0 Å². The quantitative estimate of drug-likeness (QED) is 0.230. The van der Waals surface area contributed by atoms with E-state index in [-0.39, 0.29) is 103 Å². The van der Waals surface area contributed by atoms with Gasteiger partial charge in [0.1, 0.15) is 0 Å². The third kappa shape index (κ3) is 11.4. The van der Waals surface area contributed by atoms with Gasteiger partial charge in [-0.15, -0.1) is 0 Å². The average Bonchev–Trinajstić information content (AvgIpc) is 1.36. The molecule has 34 valence electrons. The summed E-state index contributed by atoms with van der Waals surface area (Å²) in [5.41, 5.74) is 0. The van der Waals surface area contributed by atoms with Gasteiger partial charge in [0.05, 0.1) is 11.1 Å². The molecule has 0 unspecified atom stereocenters. The summed E-state index contributed by atoms with van der Waals surface area (Å²) < 4.78 is 0. The fraction of sp³-hybridized carbons (Fsp3) is 0. The van der Waals surface area contributed by atoms with Crippen molar-refractivity contribution in [2.24, 2.45) is 0 Å². The van der Waals surface area contributed by atoms with Gasteiger partial charge in [-0.2, -0.15) is 0 Å². The van der Waals surface area contributed by atoms with Gasteiger partial charge in [0, 0.05) is 0 Å². The zero-order valence-corrected chi connectivity index (χ0v) is 11.7. The summed E-state index contributed by atoms with van der Waals surface area (Å²) in [4.78, 5) is 18.4. The Morgan fingerprint density at radius 1 is 1.25 bits per heavy atom. The molecule has 0 aliphatic carbocycles. The standard InChI is InChI=1S/C2H2O3S.2K/c3-1(4)2(5)6;;/h(H,3,4)(H,5,6);;/q;2*+1/p-2. The molecule has 0 saturated heterocycles. The summed E-state index contributed by atoms with van der Waals surface area (Å²) in [6.45, 7) is 0. The molecular formula is C2K2O3S. The second-order valence-electron chi connectivity index (χ2n) is 0.575. The molecule has 0 aliphatic rings. The summed E-state index contributed by atoms with van der Waals surface area (Å²) in [7, 11) is 0. The van der Waals surface area contributed by atoms with Gasteiger partial charge in [-0.25, -0.2) is 0 Å². The zero-order chi connectivity index (χ0) is 5.15. The molecule has 0 saturated carbocycles. The van der Waals surface area contributed by atoms with E-state index in [0.717, 1.165) is 0 Å². The number of hydrogen-bond acceptors (Lipinski definition) is 4. The minimum Gasteiger partial charge on any atom is -0.736 e. The second kappa shape index (κ2) is 9.63. The molecular weight excluding hydrogens is 182 g/mol. The van der Waals surface area contributed by atoms with Crippen molar-refractivity contribution >= 4 is 23.7 Å². The Balaban J connectivity index is -0.000000125. The molecule has 8 heavy (non-hydrogen) atoms. The number of carbonyl (C=O) groups excluding carboxylic acids is 2. The van der Waals surface area contributed by atoms with Crippen molar-refractivity contribution in [3.63, 3.8) is 0 Å². The van der Waals surface area contributed by atoms with Crippen molar-refractivity contribution in [2.75, 3.05) is 0 Å². The van der Waals surface area contributed by atoms with E-state index in [4.69, 9.17) is 9.90 Å². The van der Waals surface area contributed by atoms with Crippen LogP contribution in [0.4, 0.5) is 0 Å². The number of carbonyl (C=O) groups is 2. The van der Waals surface area contributed by atoms with Crippen LogP contribution in [0.15, 0.2) is 0 Å². The molecule has 0 bridgehead atoms. The zero-order valence-electron chi connectivity index (χ0n) is 4.63. The predicted molar refractivity (Wildman–Crippen MR) is 17.4 cm³/mol. The molecule has 0 radical (unpaired) electrons. The maximum atomic E-state index is 9.30. The third-order valence-electron chi connectivity index (χ3n) is 0.167. The Labute approximate surface area is 137 Å². The van der Waals surface area contributed by atoms with E-state index < -0.39 is 11.1 Å². The monoisotopic (exact) mass is 182 g/mol. The minimum atomic E-state index is -1.81. The molecule has 0 heterocycles. The Morgan fingerprint density at radius 3 is 1.38 bits per heavy atom. The summed E-state index contributed by atoms with van der Waals surface area (Å²) >= 11 is 3.60. The predicted octanol–water partition coefficient (Wildman–Crippen LogP) is -8.18. The molecule has 3 nitrogen and oxygen atoms in total. The Kier molecular flexibility index (Phi) is 20.4. The van der Waals surface area contributed by atoms with Crippen LogP contribution < -0.4 is 108 Å². The molecule has 0 rings (SSSR count). The molecule has 0 N–H and O–H groups in total. The first-order chi connectivity index (χ1) is 2.64. The van der Waals surface area contributed by atoms with E-state index in [1.54, 1.807) is 0 Å². The van der Waals surface area contributed by atoms with E-state index in [0.29, 0.717) is 0 Å². The van der Waals surface area contributed by atoms with Crippen molar-refractivity contribution in [3.8, 4) is 0 Å². The molecule has 0 aliphatic heterocycles. The van der Waals surface area contributed by atoms with E-state index >= 15 is 0 Å². The van der Waals surface area contributed by atoms with Crippen molar-refractivity contribution in [3.05, 3.63) is 0 Å². The van der Waals surface area contributed by atoms with Gasteiger partial charge < -0.3 is 27.3 Å². The summed E-state index contributed by atoms with van der Waals surface area (Å²) in [5, 5.41) is 7.78. The Bertz CT molecular complexity index is 81.3. The van der Waals surface area contributed by atoms with Crippen LogP contribution in [-0.4, -0.2) is 11.1 Å².